The van der Waals surface area contributed by atoms with Crippen LogP contribution in [0.4, 0.5) is 0 Å². The van der Waals surface area contributed by atoms with E-state index in [2.05, 4.69) is 28.6 Å². The maximum Gasteiger partial charge on any atom is 0.326 e. The molecule has 0 heterocycles. The van der Waals surface area contributed by atoms with Gasteiger partial charge in [0.15, 0.2) is 0 Å². The molecule has 0 aliphatic heterocycles. The lowest BCUT2D eigenvalue weighted by Gasteiger charge is -2.25. The number of thiol groups is 1. The molecule has 0 saturated carbocycles. The van der Waals surface area contributed by atoms with Gasteiger partial charge in [0.1, 0.15) is 24.2 Å². The van der Waals surface area contributed by atoms with Gasteiger partial charge in [-0.3, -0.25) is 19.2 Å². The van der Waals surface area contributed by atoms with Crippen LogP contribution in [0.1, 0.15) is 33.1 Å². The summed E-state index contributed by atoms with van der Waals surface area (Å²) in [6.45, 7) is 2.72. The van der Waals surface area contributed by atoms with Crippen molar-refractivity contribution in [1.82, 2.24) is 16.0 Å². The summed E-state index contributed by atoms with van der Waals surface area (Å²) >= 11 is 3.99. The molecule has 0 aromatic heterocycles. The van der Waals surface area contributed by atoms with Gasteiger partial charge in [-0.2, -0.15) is 12.6 Å². The van der Waals surface area contributed by atoms with Crippen LogP contribution in [0.15, 0.2) is 0 Å². The quantitative estimate of drug-likeness (QED) is 0.133. The van der Waals surface area contributed by atoms with Crippen molar-refractivity contribution in [2.45, 2.75) is 57.3 Å². The molecule has 172 valence electrons. The summed E-state index contributed by atoms with van der Waals surface area (Å²) in [7, 11) is 0. The summed E-state index contributed by atoms with van der Waals surface area (Å²) in [6, 6.07) is -5.07. The number of rotatable bonds is 14. The lowest BCUT2D eigenvalue weighted by molar-refractivity contribution is -0.143. The van der Waals surface area contributed by atoms with Gasteiger partial charge in [-0.15, -0.1) is 0 Å². The lowest BCUT2D eigenvalue weighted by atomic mass is 9.99. The Morgan fingerprint density at radius 1 is 0.967 bits per heavy atom. The van der Waals surface area contributed by atoms with Gasteiger partial charge in [-0.25, -0.2) is 4.79 Å². The zero-order chi connectivity index (χ0) is 23.4. The number of amides is 3. The van der Waals surface area contributed by atoms with E-state index in [9.17, 15) is 29.1 Å². The molecule has 8 N–H and O–H groups in total. The van der Waals surface area contributed by atoms with Crippen molar-refractivity contribution < 1.29 is 39.3 Å². The normalized spacial score (nSPS) is 15.8. The second kappa shape index (κ2) is 13.8. The zero-order valence-corrected chi connectivity index (χ0v) is 17.7. The van der Waals surface area contributed by atoms with Crippen LogP contribution in [0, 0.1) is 5.92 Å². The Hall–Kier alpha value is -2.38. The predicted molar refractivity (Wildman–Crippen MR) is 109 cm³/mol. The molecule has 3 amide bonds. The first kappa shape index (κ1) is 27.6. The molecule has 12 nitrogen and oxygen atoms in total. The number of hydrogen-bond acceptors (Lipinski definition) is 8. The Labute approximate surface area is 179 Å². The summed E-state index contributed by atoms with van der Waals surface area (Å²) in [4.78, 5) is 59.0. The van der Waals surface area contributed by atoms with Gasteiger partial charge >= 0.3 is 11.9 Å². The number of carboxylic acid groups (broad SMARTS) is 2. The molecule has 0 radical (unpaired) electrons. The molecule has 13 heteroatoms. The minimum Gasteiger partial charge on any atom is -0.481 e. The summed E-state index contributed by atoms with van der Waals surface area (Å²) in [5.41, 5.74) is 5.38. The smallest absolute Gasteiger partial charge is 0.326 e. The van der Waals surface area contributed by atoms with E-state index in [1.165, 1.54) is 0 Å². The molecule has 30 heavy (non-hydrogen) atoms. The number of nitrogens with one attached hydrogen (secondary N) is 3. The summed E-state index contributed by atoms with van der Waals surface area (Å²) in [6.07, 6.45) is -0.264. The molecule has 0 rings (SSSR count). The van der Waals surface area contributed by atoms with Crippen molar-refractivity contribution >= 4 is 42.3 Å². The van der Waals surface area contributed by atoms with Crippen molar-refractivity contribution in [3.8, 4) is 0 Å². The molecule has 5 atom stereocenters. The summed E-state index contributed by atoms with van der Waals surface area (Å²) < 4.78 is 0. The lowest BCUT2D eigenvalue weighted by Crippen LogP contribution is -2.58. The molecular formula is C17H30N4O8S. The van der Waals surface area contributed by atoms with Crippen LogP contribution >= 0.6 is 12.6 Å². The average molecular weight is 451 g/mol. The molecule has 0 saturated heterocycles. The minimum absolute atomic E-state index is 0.180. The highest BCUT2D eigenvalue weighted by molar-refractivity contribution is 7.80. The summed E-state index contributed by atoms with van der Waals surface area (Å²) in [5.74, 6) is -5.54. The maximum atomic E-state index is 12.5. The largest absolute Gasteiger partial charge is 0.481 e. The van der Waals surface area contributed by atoms with Crippen molar-refractivity contribution in [3.63, 3.8) is 0 Å². The van der Waals surface area contributed by atoms with Crippen LogP contribution < -0.4 is 21.7 Å². The predicted octanol–water partition coefficient (Wildman–Crippen LogP) is -2.31. The van der Waals surface area contributed by atoms with Crippen LogP contribution in [0.2, 0.25) is 0 Å². The topological polar surface area (TPSA) is 208 Å². The number of nitrogens with two attached hydrogens (primary N) is 1. The monoisotopic (exact) mass is 450 g/mol. The van der Waals surface area contributed by atoms with Crippen molar-refractivity contribution in [2.75, 3.05) is 12.4 Å². The van der Waals surface area contributed by atoms with Crippen LogP contribution in [0.3, 0.4) is 0 Å². The molecule has 0 fully saturated rings. The third-order valence-electron chi connectivity index (χ3n) is 4.41. The Balaban J connectivity index is 5.28. The Kier molecular flexibility index (Phi) is 12.7. The average Bonchev–Trinajstić information content (AvgIpc) is 2.70. The van der Waals surface area contributed by atoms with Crippen LogP contribution in [0.5, 0.6) is 0 Å². The second-order valence-electron chi connectivity index (χ2n) is 6.74. The van der Waals surface area contributed by atoms with Crippen LogP contribution in [-0.2, 0) is 24.0 Å². The van der Waals surface area contributed by atoms with E-state index >= 15 is 0 Å². The number of aliphatic hydroxyl groups is 1. The fourth-order valence-electron chi connectivity index (χ4n) is 2.30. The molecular weight excluding hydrogens is 420 g/mol. The number of carbonyl (C=O) groups is 5. The van der Waals surface area contributed by atoms with Crippen LogP contribution in [0.25, 0.3) is 0 Å². The highest BCUT2D eigenvalue weighted by Crippen LogP contribution is 2.09. The highest BCUT2D eigenvalue weighted by Gasteiger charge is 2.31. The SMILES string of the molecule is CCC(C)C(NC(=O)C(CS)NC(=O)C(CCC(=O)O)NC(=O)C(N)CO)C(=O)O. The number of aliphatic hydroxyl groups excluding tert-OH is 1. The summed E-state index contributed by atoms with van der Waals surface area (Å²) in [5, 5.41) is 34.0. The van der Waals surface area contributed by atoms with Gasteiger partial charge in [0.25, 0.3) is 0 Å². The van der Waals surface area contributed by atoms with Gasteiger partial charge in [0.05, 0.1) is 6.61 Å². The second-order valence-corrected chi connectivity index (χ2v) is 7.10. The van der Waals surface area contributed by atoms with Gasteiger partial charge in [0.2, 0.25) is 17.7 Å². The molecule has 0 aliphatic rings. The van der Waals surface area contributed by atoms with Gasteiger partial charge in [-0.05, 0) is 12.3 Å². The molecule has 0 aromatic carbocycles. The van der Waals surface area contributed by atoms with E-state index in [0.717, 1.165) is 0 Å². The highest BCUT2D eigenvalue weighted by atomic mass is 32.1. The fraction of sp³-hybridized carbons (Fsp3) is 0.706. The first-order chi connectivity index (χ1) is 14.0. The van der Waals surface area contributed by atoms with Gasteiger partial charge in [-0.1, -0.05) is 20.3 Å². The fourth-order valence-corrected chi connectivity index (χ4v) is 2.56. The van der Waals surface area contributed by atoms with Crippen molar-refractivity contribution in [3.05, 3.63) is 0 Å². The number of carboxylic acids is 2. The number of carbonyl (C=O) groups excluding carboxylic acids is 3. The first-order valence-electron chi connectivity index (χ1n) is 9.31. The van der Waals surface area contributed by atoms with Gasteiger partial charge < -0.3 is 37.0 Å². The first-order valence-corrected chi connectivity index (χ1v) is 9.94. The zero-order valence-electron chi connectivity index (χ0n) is 16.8. The minimum atomic E-state index is -1.34. The molecule has 0 spiro atoms. The van der Waals surface area contributed by atoms with E-state index in [1.807, 2.05) is 0 Å². The van der Waals surface area contributed by atoms with E-state index in [1.54, 1.807) is 13.8 Å². The Morgan fingerprint density at radius 3 is 1.93 bits per heavy atom. The Bertz CT molecular complexity index is 633. The standard InChI is InChI=1S/C17H30N4O8S/c1-3-8(2)13(17(28)29)21-16(27)11(7-30)20-15(26)10(4-5-12(23)24)19-14(25)9(18)6-22/h8-11,13,22,30H,3-7,18H2,1-2H3,(H,19,25)(H,20,26)(H,21,27)(H,23,24)(H,28,29). The van der Waals surface area contributed by atoms with Gasteiger partial charge in [0, 0.05) is 12.2 Å². The third kappa shape index (κ3) is 9.41. The third-order valence-corrected chi connectivity index (χ3v) is 4.77. The van der Waals surface area contributed by atoms with Crippen LogP contribution in [-0.4, -0.2) is 81.5 Å². The number of aliphatic carboxylic acids is 2. The van der Waals surface area contributed by atoms with Crippen molar-refractivity contribution in [2.24, 2.45) is 11.7 Å². The van der Waals surface area contributed by atoms with Crippen molar-refractivity contribution in [1.29, 1.82) is 0 Å². The molecule has 0 bridgehead atoms. The molecule has 0 aliphatic carbocycles. The molecule has 0 aromatic rings. The van der Waals surface area contributed by atoms with E-state index in [0.29, 0.717) is 6.42 Å². The van der Waals surface area contributed by atoms with E-state index in [4.69, 9.17) is 15.9 Å². The number of hydrogen-bond donors (Lipinski definition) is 8. The maximum absolute atomic E-state index is 12.5. The van der Waals surface area contributed by atoms with E-state index in [-0.39, 0.29) is 18.1 Å². The Morgan fingerprint density at radius 2 is 1.50 bits per heavy atom. The molecule has 5 unspecified atom stereocenters. The van der Waals surface area contributed by atoms with E-state index < -0.39 is 66.9 Å².